The Balaban J connectivity index is 4.03. The minimum atomic E-state index is -4.57. The van der Waals surface area contributed by atoms with Gasteiger partial charge in [0.25, 0.3) is 7.82 Å². The monoisotopic (exact) mass is 997 g/mol. The smallest absolute Gasteiger partial charge is 0.268 e. The molecule has 3 atom stereocenters. The summed E-state index contributed by atoms with van der Waals surface area (Å²) in [5.74, 6) is -0.159. The molecule has 0 bridgehead atoms. The molecule has 9 heteroatoms. The molecule has 0 rings (SSSR count). The number of nitrogens with one attached hydrogen (secondary N) is 1. The van der Waals surface area contributed by atoms with Crippen LogP contribution in [-0.2, 0) is 18.4 Å². The van der Waals surface area contributed by atoms with Gasteiger partial charge in [-0.25, -0.2) is 0 Å². The molecule has 1 amide bonds. The van der Waals surface area contributed by atoms with Crippen LogP contribution in [-0.4, -0.2) is 68.5 Å². The molecular weight excluding hydrogens is 876 g/mol. The van der Waals surface area contributed by atoms with Crippen LogP contribution in [0.25, 0.3) is 0 Å². The maximum Gasteiger partial charge on any atom is 0.268 e. The van der Waals surface area contributed by atoms with Crippen molar-refractivity contribution in [2.75, 3.05) is 40.9 Å². The molecule has 3 unspecified atom stereocenters. The molecule has 0 aliphatic carbocycles. The molecule has 0 aliphatic heterocycles. The van der Waals surface area contributed by atoms with Crippen LogP contribution in [0.4, 0.5) is 0 Å². The first-order valence-electron chi connectivity index (χ1n) is 30.5. The number of hydrogen-bond acceptors (Lipinski definition) is 6. The van der Waals surface area contributed by atoms with E-state index in [-0.39, 0.29) is 19.1 Å². The van der Waals surface area contributed by atoms with Gasteiger partial charge in [0.1, 0.15) is 13.2 Å². The van der Waals surface area contributed by atoms with Crippen molar-refractivity contribution in [1.82, 2.24) is 5.32 Å². The summed E-state index contributed by atoms with van der Waals surface area (Å²) in [5, 5.41) is 14.0. The molecule has 0 heterocycles. The highest BCUT2D eigenvalue weighted by Gasteiger charge is 2.24. The number of likely N-dealkylation sites (N-methyl/N-ethyl adjacent to an activating group) is 1. The predicted molar refractivity (Wildman–Crippen MR) is 298 cm³/mol. The van der Waals surface area contributed by atoms with Crippen molar-refractivity contribution in [2.24, 2.45) is 0 Å². The van der Waals surface area contributed by atoms with E-state index in [9.17, 15) is 19.4 Å². The average Bonchev–Trinajstić information content (AvgIpc) is 3.31. The van der Waals surface area contributed by atoms with Gasteiger partial charge >= 0.3 is 0 Å². The second-order valence-electron chi connectivity index (χ2n) is 22.4. The molecule has 0 aromatic heterocycles. The fraction of sp³-hybridized carbons (Fsp3) is 0.950. The van der Waals surface area contributed by atoms with Gasteiger partial charge < -0.3 is 28.8 Å². The molecule has 0 saturated heterocycles. The number of unbranched alkanes of at least 4 members (excludes halogenated alkanes) is 42. The van der Waals surface area contributed by atoms with Crippen LogP contribution in [0.3, 0.4) is 0 Å². The van der Waals surface area contributed by atoms with E-state index < -0.39 is 20.0 Å². The van der Waals surface area contributed by atoms with E-state index in [2.05, 4.69) is 31.3 Å². The van der Waals surface area contributed by atoms with Gasteiger partial charge in [0.15, 0.2) is 0 Å². The fourth-order valence-electron chi connectivity index (χ4n) is 9.45. The van der Waals surface area contributed by atoms with Crippen molar-refractivity contribution in [3.05, 3.63) is 12.2 Å². The SMILES string of the molecule is CCCCCCCCCCCCCC/C=C\CCCCCCCCCCCCCCCCC(=O)NC(COP(=O)([O-])OCC[N+](C)(C)C)C(O)CCCCCCCCCCCCCCCCCCC. The lowest BCUT2D eigenvalue weighted by Gasteiger charge is -2.30. The zero-order valence-corrected chi connectivity index (χ0v) is 47.9. The molecule has 2 N–H and O–H groups in total. The topological polar surface area (TPSA) is 108 Å². The number of phosphoric ester groups is 1. The summed E-state index contributed by atoms with van der Waals surface area (Å²) in [6, 6.07) is -0.797. The second-order valence-corrected chi connectivity index (χ2v) is 23.8. The van der Waals surface area contributed by atoms with Crippen molar-refractivity contribution in [1.29, 1.82) is 0 Å². The highest BCUT2D eigenvalue weighted by Crippen LogP contribution is 2.38. The number of quaternary nitrogens is 1. The number of carbonyl (C=O) groups excluding carboxylic acids is 1. The fourth-order valence-corrected chi connectivity index (χ4v) is 10.2. The van der Waals surface area contributed by atoms with Crippen LogP contribution in [0.5, 0.6) is 0 Å². The molecule has 8 nitrogen and oxygen atoms in total. The largest absolute Gasteiger partial charge is 0.756 e. The van der Waals surface area contributed by atoms with Crippen LogP contribution < -0.4 is 10.2 Å². The van der Waals surface area contributed by atoms with Crippen molar-refractivity contribution >= 4 is 13.7 Å². The van der Waals surface area contributed by atoms with Crippen molar-refractivity contribution in [3.63, 3.8) is 0 Å². The zero-order valence-electron chi connectivity index (χ0n) is 47.0. The Morgan fingerprint density at radius 1 is 0.493 bits per heavy atom. The lowest BCUT2D eigenvalue weighted by Crippen LogP contribution is -2.46. The number of allylic oxidation sites excluding steroid dienone is 2. The lowest BCUT2D eigenvalue weighted by molar-refractivity contribution is -0.870. The summed E-state index contributed by atoms with van der Waals surface area (Å²) in [4.78, 5) is 25.5. The van der Waals surface area contributed by atoms with E-state index >= 15 is 0 Å². The Hall–Kier alpha value is -0.760. The highest BCUT2D eigenvalue weighted by molar-refractivity contribution is 7.45. The van der Waals surface area contributed by atoms with Gasteiger partial charge in [-0.05, 0) is 38.5 Å². The minimum absolute atomic E-state index is 0.0151. The summed E-state index contributed by atoms with van der Waals surface area (Å²) in [6.07, 6.45) is 64.0. The lowest BCUT2D eigenvalue weighted by atomic mass is 10.0. The van der Waals surface area contributed by atoms with Gasteiger partial charge in [0.05, 0.1) is 39.9 Å². The predicted octanol–water partition coefficient (Wildman–Crippen LogP) is 18.0. The van der Waals surface area contributed by atoms with Crippen molar-refractivity contribution < 1.29 is 32.9 Å². The van der Waals surface area contributed by atoms with Crippen LogP contribution in [0.1, 0.15) is 316 Å². The number of nitrogens with zero attached hydrogens (tertiary/aromatic N) is 1. The maximum absolute atomic E-state index is 13.0. The zero-order chi connectivity index (χ0) is 50.6. The number of rotatable bonds is 57. The Labute approximate surface area is 431 Å². The molecule has 0 spiro atoms. The number of hydrogen-bond donors (Lipinski definition) is 2. The van der Waals surface area contributed by atoms with Gasteiger partial charge in [0, 0.05) is 6.42 Å². The van der Waals surface area contributed by atoms with Gasteiger partial charge in [-0.2, -0.15) is 0 Å². The van der Waals surface area contributed by atoms with Gasteiger partial charge in [-0.15, -0.1) is 0 Å². The quantitative estimate of drug-likeness (QED) is 0.0272. The summed E-state index contributed by atoms with van der Waals surface area (Å²) >= 11 is 0. The maximum atomic E-state index is 13.0. The van der Waals surface area contributed by atoms with E-state index in [4.69, 9.17) is 9.05 Å². The van der Waals surface area contributed by atoms with Gasteiger partial charge in [-0.3, -0.25) is 9.36 Å². The third kappa shape index (κ3) is 54.8. The summed E-state index contributed by atoms with van der Waals surface area (Å²) < 4.78 is 23.4. The molecule has 0 fully saturated rings. The molecule has 0 aliphatic rings. The molecule has 0 aromatic rings. The standard InChI is InChI=1S/C60H121N2O6P/c1-6-8-10-12-14-16-18-20-22-24-25-26-27-28-29-30-31-32-33-34-35-36-38-40-42-44-46-48-50-52-54-60(64)61-58(57-68-69(65,66)67-56-55-62(3,4)5)59(63)53-51-49-47-45-43-41-39-37-23-21-19-17-15-13-11-9-7-2/h28-29,58-59,63H,6-27,30-57H2,1-5H3,(H-,61,64,65,66)/b29-28-. The van der Waals surface area contributed by atoms with Crippen LogP contribution in [0.2, 0.25) is 0 Å². The van der Waals surface area contributed by atoms with E-state index in [1.807, 2.05) is 21.1 Å². The van der Waals surface area contributed by atoms with E-state index in [1.165, 1.54) is 250 Å². The third-order valence-electron chi connectivity index (χ3n) is 14.3. The Bertz CT molecular complexity index is 1130. The third-order valence-corrected chi connectivity index (χ3v) is 15.2. The number of amides is 1. The van der Waals surface area contributed by atoms with Gasteiger partial charge in [0.2, 0.25) is 5.91 Å². The number of aliphatic hydroxyl groups excluding tert-OH is 1. The molecule has 412 valence electrons. The highest BCUT2D eigenvalue weighted by atomic mass is 31.2. The summed E-state index contributed by atoms with van der Waals surface area (Å²) in [7, 11) is 1.32. The van der Waals surface area contributed by atoms with Crippen LogP contribution in [0, 0.1) is 0 Å². The number of phosphoric acid groups is 1. The Kier molecular flexibility index (Phi) is 51.5. The molecule has 0 saturated carbocycles. The Morgan fingerprint density at radius 2 is 0.797 bits per heavy atom. The van der Waals surface area contributed by atoms with Gasteiger partial charge in [-0.1, -0.05) is 283 Å². The molecule has 69 heavy (non-hydrogen) atoms. The first-order chi connectivity index (χ1) is 33.5. The number of carbonyl (C=O) groups is 1. The summed E-state index contributed by atoms with van der Waals surface area (Å²) in [5.41, 5.74) is 0. The Morgan fingerprint density at radius 3 is 1.13 bits per heavy atom. The first-order valence-corrected chi connectivity index (χ1v) is 32.0. The summed E-state index contributed by atoms with van der Waals surface area (Å²) in [6.45, 7) is 4.77. The average molecular weight is 998 g/mol. The van der Waals surface area contributed by atoms with Crippen molar-refractivity contribution in [2.45, 2.75) is 328 Å². The van der Waals surface area contributed by atoms with Crippen LogP contribution in [0.15, 0.2) is 12.2 Å². The normalized spacial score (nSPS) is 13.9. The molecular formula is C60H121N2O6P. The molecule has 0 radical (unpaired) electrons. The van der Waals surface area contributed by atoms with E-state index in [0.717, 1.165) is 38.5 Å². The first kappa shape index (κ1) is 68.2. The minimum Gasteiger partial charge on any atom is -0.756 e. The molecule has 0 aromatic carbocycles. The number of aliphatic hydroxyl groups is 1. The van der Waals surface area contributed by atoms with Crippen molar-refractivity contribution in [3.8, 4) is 0 Å². The second kappa shape index (κ2) is 52.1. The van der Waals surface area contributed by atoms with E-state index in [1.54, 1.807) is 0 Å². The van der Waals surface area contributed by atoms with Crippen LogP contribution >= 0.6 is 7.82 Å². The van der Waals surface area contributed by atoms with E-state index in [0.29, 0.717) is 23.9 Å².